The Labute approximate surface area is 88.8 Å². The number of fused-ring (bicyclic) bond motifs is 1. The number of hydrogen-bond donors (Lipinski definition) is 1. The molecule has 0 atom stereocenters. The normalized spacial score (nSPS) is 10.7. The summed E-state index contributed by atoms with van der Waals surface area (Å²) in [6.07, 6.45) is 4.49. The minimum atomic E-state index is 0.573. The van der Waals surface area contributed by atoms with E-state index in [0.717, 1.165) is 16.0 Å². The second-order valence-corrected chi connectivity index (χ2v) is 3.76. The largest absolute Gasteiger partial charge is 0.428 e. The van der Waals surface area contributed by atoms with Gasteiger partial charge in [0, 0.05) is 0 Å². The van der Waals surface area contributed by atoms with Crippen LogP contribution in [-0.2, 0) is 0 Å². The van der Waals surface area contributed by atoms with Gasteiger partial charge >= 0.3 is 0 Å². The summed E-state index contributed by atoms with van der Waals surface area (Å²) in [6, 6.07) is 1.95. The summed E-state index contributed by atoms with van der Waals surface area (Å²) in [7, 11) is 0. The Morgan fingerprint density at radius 3 is 3.20 bits per heavy atom. The van der Waals surface area contributed by atoms with Gasteiger partial charge in [0.05, 0.1) is 16.4 Å². The molecule has 3 rings (SSSR count). The molecule has 0 unspecified atom stereocenters. The molecule has 0 spiro atoms. The predicted octanol–water partition coefficient (Wildman–Crippen LogP) is 2.42. The molecule has 3 heterocycles. The number of thiophene rings is 1. The third-order valence-corrected chi connectivity index (χ3v) is 2.83. The molecule has 0 aliphatic rings. The second kappa shape index (κ2) is 3.32. The van der Waals surface area contributed by atoms with Crippen LogP contribution in [0.3, 0.4) is 0 Å². The van der Waals surface area contributed by atoms with E-state index in [2.05, 4.69) is 20.3 Å². The van der Waals surface area contributed by atoms with E-state index >= 15 is 0 Å². The zero-order valence-electron chi connectivity index (χ0n) is 7.54. The van der Waals surface area contributed by atoms with Crippen LogP contribution >= 0.6 is 11.3 Å². The van der Waals surface area contributed by atoms with Crippen LogP contribution in [0.1, 0.15) is 0 Å². The van der Waals surface area contributed by atoms with Crippen LogP contribution in [0.4, 0.5) is 11.7 Å². The number of aromatic nitrogens is 3. The molecule has 6 heteroatoms. The SMILES string of the molecule is c1nc(Nc2cnco2)c2sccc2n1. The lowest BCUT2D eigenvalue weighted by Crippen LogP contribution is -1.92. The standard InChI is InChI=1S/C9H6N4OS/c1-2-15-8-6(1)11-4-12-9(8)13-7-3-10-5-14-7/h1-5H,(H,11,12,13). The van der Waals surface area contributed by atoms with Crippen molar-refractivity contribution >= 4 is 33.3 Å². The lowest BCUT2D eigenvalue weighted by molar-refractivity contribution is 0.574. The Morgan fingerprint density at radius 2 is 2.33 bits per heavy atom. The van der Waals surface area contributed by atoms with Crippen molar-refractivity contribution in [1.82, 2.24) is 15.0 Å². The van der Waals surface area contributed by atoms with Crippen molar-refractivity contribution < 1.29 is 4.42 Å². The van der Waals surface area contributed by atoms with Crippen molar-refractivity contribution in [1.29, 1.82) is 0 Å². The first-order valence-corrected chi connectivity index (χ1v) is 5.15. The van der Waals surface area contributed by atoms with Gasteiger partial charge < -0.3 is 9.73 Å². The minimum Gasteiger partial charge on any atom is -0.428 e. The van der Waals surface area contributed by atoms with Crippen molar-refractivity contribution in [3.05, 3.63) is 30.4 Å². The summed E-state index contributed by atoms with van der Waals surface area (Å²) in [5.74, 6) is 1.31. The average molecular weight is 218 g/mol. The fraction of sp³-hybridized carbons (Fsp3) is 0. The highest BCUT2D eigenvalue weighted by atomic mass is 32.1. The van der Waals surface area contributed by atoms with E-state index in [4.69, 9.17) is 4.42 Å². The number of hydrogen-bond acceptors (Lipinski definition) is 6. The Morgan fingerprint density at radius 1 is 1.33 bits per heavy atom. The molecule has 0 saturated carbocycles. The number of nitrogens with one attached hydrogen (secondary N) is 1. The highest BCUT2D eigenvalue weighted by molar-refractivity contribution is 7.17. The molecular weight excluding hydrogens is 212 g/mol. The summed E-state index contributed by atoms with van der Waals surface area (Å²) in [5, 5.41) is 5.02. The van der Waals surface area contributed by atoms with Gasteiger partial charge in [0.25, 0.3) is 0 Å². The van der Waals surface area contributed by atoms with Gasteiger partial charge in [-0.15, -0.1) is 11.3 Å². The molecule has 0 amide bonds. The highest BCUT2D eigenvalue weighted by Gasteiger charge is 2.06. The monoisotopic (exact) mass is 218 g/mol. The number of anilines is 2. The molecule has 0 bridgehead atoms. The van der Waals surface area contributed by atoms with Crippen LogP contribution in [0.15, 0.2) is 34.8 Å². The van der Waals surface area contributed by atoms with Gasteiger partial charge in [-0.1, -0.05) is 0 Å². The zero-order valence-corrected chi connectivity index (χ0v) is 8.36. The van der Waals surface area contributed by atoms with Gasteiger partial charge in [-0.3, -0.25) is 0 Å². The van der Waals surface area contributed by atoms with Crippen LogP contribution in [0.25, 0.3) is 10.2 Å². The third kappa shape index (κ3) is 1.44. The summed E-state index contributed by atoms with van der Waals surface area (Å²) >= 11 is 1.59. The third-order valence-electron chi connectivity index (χ3n) is 1.92. The molecule has 0 fully saturated rings. The molecule has 74 valence electrons. The molecule has 5 nitrogen and oxygen atoms in total. The summed E-state index contributed by atoms with van der Waals surface area (Å²) in [6.45, 7) is 0. The topological polar surface area (TPSA) is 63.8 Å². The molecule has 0 aliphatic carbocycles. The van der Waals surface area contributed by atoms with E-state index in [9.17, 15) is 0 Å². The Hall–Kier alpha value is -1.95. The van der Waals surface area contributed by atoms with Crippen molar-refractivity contribution in [3.8, 4) is 0 Å². The van der Waals surface area contributed by atoms with E-state index in [-0.39, 0.29) is 0 Å². The van der Waals surface area contributed by atoms with Gasteiger partial charge in [-0.2, -0.15) is 0 Å². The predicted molar refractivity (Wildman–Crippen MR) is 57.2 cm³/mol. The fourth-order valence-electron chi connectivity index (χ4n) is 1.27. The Bertz CT molecular complexity index is 575. The minimum absolute atomic E-state index is 0.573. The van der Waals surface area contributed by atoms with Crippen LogP contribution in [0.5, 0.6) is 0 Å². The maximum atomic E-state index is 5.08. The number of nitrogens with zero attached hydrogens (tertiary/aromatic N) is 3. The first kappa shape index (κ1) is 8.37. The lowest BCUT2D eigenvalue weighted by atomic mass is 10.4. The molecule has 0 aliphatic heterocycles. The fourth-order valence-corrected chi connectivity index (χ4v) is 2.06. The number of rotatable bonds is 2. The Kier molecular flexibility index (Phi) is 1.85. The van der Waals surface area contributed by atoms with Crippen LogP contribution in [0, 0.1) is 0 Å². The van der Waals surface area contributed by atoms with Crippen molar-refractivity contribution in [3.63, 3.8) is 0 Å². The molecule has 15 heavy (non-hydrogen) atoms. The molecule has 0 saturated heterocycles. The van der Waals surface area contributed by atoms with Gasteiger partial charge in [-0.05, 0) is 11.4 Å². The average Bonchev–Trinajstić information content (AvgIpc) is 2.87. The van der Waals surface area contributed by atoms with E-state index < -0.39 is 0 Å². The van der Waals surface area contributed by atoms with E-state index in [0.29, 0.717) is 5.88 Å². The summed E-state index contributed by atoms with van der Waals surface area (Å²) in [4.78, 5) is 12.1. The molecule has 3 aromatic rings. The van der Waals surface area contributed by atoms with Gasteiger partial charge in [0.2, 0.25) is 5.88 Å². The maximum Gasteiger partial charge on any atom is 0.218 e. The highest BCUT2D eigenvalue weighted by Crippen LogP contribution is 2.26. The number of oxazole rings is 1. The molecular formula is C9H6N4OS. The van der Waals surface area contributed by atoms with Gasteiger partial charge in [0.15, 0.2) is 12.2 Å². The van der Waals surface area contributed by atoms with Gasteiger partial charge in [-0.25, -0.2) is 15.0 Å². The maximum absolute atomic E-state index is 5.08. The Balaban J connectivity index is 2.07. The van der Waals surface area contributed by atoms with E-state index in [1.807, 2.05) is 11.4 Å². The lowest BCUT2D eigenvalue weighted by Gasteiger charge is -2.00. The molecule has 0 radical (unpaired) electrons. The van der Waals surface area contributed by atoms with E-state index in [1.54, 1.807) is 17.5 Å². The molecule has 3 aromatic heterocycles. The van der Waals surface area contributed by atoms with Crippen molar-refractivity contribution in [2.24, 2.45) is 0 Å². The molecule has 0 aromatic carbocycles. The van der Waals surface area contributed by atoms with Crippen LogP contribution < -0.4 is 5.32 Å². The first-order valence-electron chi connectivity index (χ1n) is 4.27. The second-order valence-electron chi connectivity index (χ2n) is 2.85. The van der Waals surface area contributed by atoms with E-state index in [1.165, 1.54) is 12.7 Å². The first-order chi connectivity index (χ1) is 7.43. The summed E-state index contributed by atoms with van der Waals surface area (Å²) in [5.41, 5.74) is 0.928. The quantitative estimate of drug-likeness (QED) is 0.715. The smallest absolute Gasteiger partial charge is 0.218 e. The van der Waals surface area contributed by atoms with Crippen molar-refractivity contribution in [2.75, 3.05) is 5.32 Å². The van der Waals surface area contributed by atoms with Crippen molar-refractivity contribution in [2.45, 2.75) is 0 Å². The van der Waals surface area contributed by atoms with Crippen LogP contribution in [-0.4, -0.2) is 15.0 Å². The van der Waals surface area contributed by atoms with Crippen LogP contribution in [0.2, 0.25) is 0 Å². The molecule has 1 N–H and O–H groups in total. The van der Waals surface area contributed by atoms with Gasteiger partial charge in [0.1, 0.15) is 6.33 Å². The summed E-state index contributed by atoms with van der Waals surface area (Å²) < 4.78 is 6.09. The zero-order chi connectivity index (χ0) is 10.1.